The fourth-order valence-corrected chi connectivity index (χ4v) is 5.03. The number of quaternary nitrogens is 1. The molecule has 29 heavy (non-hydrogen) atoms. The molecule has 4 nitrogen and oxygen atoms in total. The summed E-state index contributed by atoms with van der Waals surface area (Å²) < 4.78 is 0. The van der Waals surface area contributed by atoms with Gasteiger partial charge in [0.2, 0.25) is 0 Å². The second-order valence-electron chi connectivity index (χ2n) is 7.52. The van der Waals surface area contributed by atoms with Crippen molar-refractivity contribution >= 4 is 27.4 Å². The van der Waals surface area contributed by atoms with E-state index in [1.165, 1.54) is 35.5 Å². The molecule has 0 atom stereocenters. The number of nitrogens with zero attached hydrogens (tertiary/aromatic N) is 3. The summed E-state index contributed by atoms with van der Waals surface area (Å²) in [5, 5.41) is 1.17. The minimum absolute atomic E-state index is 0.819. The monoisotopic (exact) mass is 401 g/mol. The lowest BCUT2D eigenvalue weighted by atomic mass is 10.1. The molecule has 2 aromatic carbocycles. The first-order valence-corrected chi connectivity index (χ1v) is 11.1. The SMILES string of the molecule is CC[NH+]1CCN(c2nc(-c3ccccc3)nc3sc(-c4ccccc4)cc23)CC1. The van der Waals surface area contributed by atoms with Gasteiger partial charge in [0.1, 0.15) is 10.6 Å². The number of aromatic nitrogens is 2. The molecule has 1 aliphatic heterocycles. The van der Waals surface area contributed by atoms with Crippen LogP contribution in [0.25, 0.3) is 32.0 Å². The summed E-state index contributed by atoms with van der Waals surface area (Å²) in [5.74, 6) is 1.90. The molecule has 0 aliphatic carbocycles. The van der Waals surface area contributed by atoms with E-state index >= 15 is 0 Å². The third-order valence-electron chi connectivity index (χ3n) is 5.73. The first-order valence-electron chi connectivity index (χ1n) is 10.3. The molecule has 5 heteroatoms. The highest BCUT2D eigenvalue weighted by Gasteiger charge is 2.23. The normalized spacial score (nSPS) is 15.1. The second kappa shape index (κ2) is 7.93. The Hall–Kier alpha value is -2.76. The molecular weight excluding hydrogens is 376 g/mol. The van der Waals surface area contributed by atoms with E-state index in [4.69, 9.17) is 9.97 Å². The summed E-state index contributed by atoms with van der Waals surface area (Å²) in [6.45, 7) is 7.88. The smallest absolute Gasteiger partial charge is 0.163 e. The second-order valence-corrected chi connectivity index (χ2v) is 8.55. The van der Waals surface area contributed by atoms with Gasteiger partial charge >= 0.3 is 0 Å². The van der Waals surface area contributed by atoms with Crippen molar-refractivity contribution < 1.29 is 4.90 Å². The van der Waals surface area contributed by atoms with Crippen molar-refractivity contribution in [3.63, 3.8) is 0 Å². The van der Waals surface area contributed by atoms with Crippen LogP contribution in [0.3, 0.4) is 0 Å². The van der Waals surface area contributed by atoms with Gasteiger partial charge in [0.05, 0.1) is 38.1 Å². The van der Waals surface area contributed by atoms with E-state index in [1.807, 2.05) is 6.07 Å². The molecule has 1 saturated heterocycles. The zero-order valence-corrected chi connectivity index (χ0v) is 17.5. The molecule has 4 aromatic rings. The zero-order chi connectivity index (χ0) is 19.6. The van der Waals surface area contributed by atoms with Crippen LogP contribution in [0.5, 0.6) is 0 Å². The Morgan fingerprint density at radius 3 is 2.21 bits per heavy atom. The molecule has 1 N–H and O–H groups in total. The zero-order valence-electron chi connectivity index (χ0n) is 16.6. The number of likely N-dealkylation sites (N-methyl/N-ethyl adjacent to an activating group) is 1. The summed E-state index contributed by atoms with van der Waals surface area (Å²) in [6, 6.07) is 23.2. The van der Waals surface area contributed by atoms with Gasteiger partial charge in [0.15, 0.2) is 5.82 Å². The number of hydrogen-bond donors (Lipinski definition) is 1. The number of piperazine rings is 1. The molecule has 3 heterocycles. The van der Waals surface area contributed by atoms with E-state index in [1.54, 1.807) is 16.2 Å². The minimum atomic E-state index is 0.819. The van der Waals surface area contributed by atoms with Gasteiger partial charge in [0, 0.05) is 10.4 Å². The van der Waals surface area contributed by atoms with Crippen molar-refractivity contribution in [1.82, 2.24) is 9.97 Å². The lowest BCUT2D eigenvalue weighted by Gasteiger charge is -2.32. The number of rotatable bonds is 4. The van der Waals surface area contributed by atoms with Crippen LogP contribution in [0, 0.1) is 0 Å². The van der Waals surface area contributed by atoms with Gasteiger partial charge in [-0.1, -0.05) is 60.7 Å². The van der Waals surface area contributed by atoms with Gasteiger partial charge in [0.25, 0.3) is 0 Å². The minimum Gasteiger partial charge on any atom is -0.345 e. The van der Waals surface area contributed by atoms with Crippen molar-refractivity contribution in [2.45, 2.75) is 6.92 Å². The van der Waals surface area contributed by atoms with E-state index in [2.05, 4.69) is 72.5 Å². The largest absolute Gasteiger partial charge is 0.345 e. The van der Waals surface area contributed by atoms with Crippen LogP contribution in [0.15, 0.2) is 66.7 Å². The topological polar surface area (TPSA) is 33.5 Å². The van der Waals surface area contributed by atoms with E-state index in [9.17, 15) is 0 Å². The number of hydrogen-bond acceptors (Lipinski definition) is 4. The summed E-state index contributed by atoms with van der Waals surface area (Å²) in [4.78, 5) is 16.5. The molecule has 2 aromatic heterocycles. The van der Waals surface area contributed by atoms with Crippen molar-refractivity contribution in [2.75, 3.05) is 37.6 Å². The Morgan fingerprint density at radius 1 is 0.897 bits per heavy atom. The van der Waals surface area contributed by atoms with Gasteiger partial charge in [-0.15, -0.1) is 11.3 Å². The Bertz CT molecular complexity index is 1100. The highest BCUT2D eigenvalue weighted by atomic mass is 32.1. The molecule has 0 unspecified atom stereocenters. The van der Waals surface area contributed by atoms with E-state index < -0.39 is 0 Å². The number of anilines is 1. The van der Waals surface area contributed by atoms with Crippen LogP contribution < -0.4 is 9.80 Å². The molecular formula is C24H25N4S+. The third-order valence-corrected chi connectivity index (χ3v) is 6.81. The molecule has 1 aliphatic rings. The Labute approximate surface area is 175 Å². The summed E-state index contributed by atoms with van der Waals surface area (Å²) in [7, 11) is 0. The Balaban J connectivity index is 1.63. The van der Waals surface area contributed by atoms with Crippen LogP contribution in [0.1, 0.15) is 6.92 Å². The number of thiophene rings is 1. The lowest BCUT2D eigenvalue weighted by molar-refractivity contribution is -0.898. The highest BCUT2D eigenvalue weighted by molar-refractivity contribution is 7.22. The van der Waals surface area contributed by atoms with Gasteiger partial charge in [-0.2, -0.15) is 0 Å². The summed E-state index contributed by atoms with van der Waals surface area (Å²) in [6.07, 6.45) is 0. The summed E-state index contributed by atoms with van der Waals surface area (Å²) >= 11 is 1.76. The Kier molecular flexibility index (Phi) is 5.00. The molecule has 0 amide bonds. The van der Waals surface area contributed by atoms with Crippen LogP contribution in [0.2, 0.25) is 0 Å². The molecule has 0 saturated carbocycles. The van der Waals surface area contributed by atoms with Gasteiger partial charge in [-0.25, -0.2) is 9.97 Å². The van der Waals surface area contributed by atoms with Crippen molar-refractivity contribution in [3.05, 3.63) is 66.7 Å². The predicted molar refractivity (Wildman–Crippen MR) is 122 cm³/mol. The Morgan fingerprint density at radius 2 is 1.55 bits per heavy atom. The van der Waals surface area contributed by atoms with Crippen LogP contribution in [-0.4, -0.2) is 42.7 Å². The first kappa shape index (κ1) is 18.3. The van der Waals surface area contributed by atoms with Crippen LogP contribution in [-0.2, 0) is 0 Å². The van der Waals surface area contributed by atoms with Gasteiger partial charge in [-0.3, -0.25) is 0 Å². The fourth-order valence-electron chi connectivity index (χ4n) is 4.00. The van der Waals surface area contributed by atoms with Gasteiger partial charge in [-0.05, 0) is 18.6 Å². The van der Waals surface area contributed by atoms with Crippen LogP contribution in [0.4, 0.5) is 5.82 Å². The standard InChI is InChI=1S/C24H24N4S/c1-2-27-13-15-28(16-14-27)23-20-17-21(18-9-5-3-6-10-18)29-24(20)26-22(25-23)19-11-7-4-8-12-19/h3-12,17H,2,13-16H2,1H3/p+1. The number of benzene rings is 2. The van der Waals surface area contributed by atoms with Crippen LogP contribution >= 0.6 is 11.3 Å². The maximum absolute atomic E-state index is 5.06. The first-order chi connectivity index (χ1) is 14.3. The number of nitrogens with one attached hydrogen (secondary N) is 1. The van der Waals surface area contributed by atoms with Gasteiger partial charge < -0.3 is 9.80 Å². The highest BCUT2D eigenvalue weighted by Crippen LogP contribution is 2.37. The third kappa shape index (κ3) is 3.63. The van der Waals surface area contributed by atoms with E-state index in [-0.39, 0.29) is 0 Å². The number of fused-ring (bicyclic) bond motifs is 1. The maximum atomic E-state index is 5.06. The summed E-state index contributed by atoms with van der Waals surface area (Å²) in [5.41, 5.74) is 2.31. The van der Waals surface area contributed by atoms with E-state index in [0.29, 0.717) is 0 Å². The molecule has 146 valence electrons. The predicted octanol–water partition coefficient (Wildman–Crippen LogP) is 3.75. The fraction of sp³-hybridized carbons (Fsp3) is 0.250. The molecule has 0 spiro atoms. The molecule has 5 rings (SSSR count). The average Bonchev–Trinajstić information content (AvgIpc) is 3.24. The quantitative estimate of drug-likeness (QED) is 0.565. The maximum Gasteiger partial charge on any atom is 0.163 e. The molecule has 1 fully saturated rings. The lowest BCUT2D eigenvalue weighted by Crippen LogP contribution is -3.14. The van der Waals surface area contributed by atoms with Crippen molar-refractivity contribution in [3.8, 4) is 21.8 Å². The molecule has 0 bridgehead atoms. The molecule has 0 radical (unpaired) electrons. The average molecular weight is 402 g/mol. The van der Waals surface area contributed by atoms with Crippen molar-refractivity contribution in [2.24, 2.45) is 0 Å². The van der Waals surface area contributed by atoms with Crippen molar-refractivity contribution in [1.29, 1.82) is 0 Å². The van der Waals surface area contributed by atoms with E-state index in [0.717, 1.165) is 35.1 Å².